The minimum absolute atomic E-state index is 0. The SMILES string of the molecule is CC1=C([Si](c2cc(C(C)C)cc(C(C)C)c2)(c2cc(C(C)C)cc(C(C)C)c2)c2cc(C(C)C)cc(C(C)C)c2)CC=[C]1[Ti+3].[Cl-].[Cl-].[Cl-]. The minimum atomic E-state index is -2.73. The maximum atomic E-state index is 2.63. The fourth-order valence-corrected chi connectivity index (χ4v) is 12.8. The summed E-state index contributed by atoms with van der Waals surface area (Å²) >= 11 is 2.33. The first-order chi connectivity index (χ1) is 20.6. The summed E-state index contributed by atoms with van der Waals surface area (Å²) in [5, 5.41) is 6.38. The van der Waals surface area contributed by atoms with Crippen molar-refractivity contribution in [2.24, 2.45) is 0 Å². The van der Waals surface area contributed by atoms with Crippen molar-refractivity contribution in [1.82, 2.24) is 0 Å². The van der Waals surface area contributed by atoms with E-state index in [-0.39, 0.29) is 37.2 Å². The van der Waals surface area contributed by atoms with Crippen LogP contribution in [0.4, 0.5) is 0 Å². The van der Waals surface area contributed by atoms with Crippen LogP contribution >= 0.6 is 0 Å². The smallest absolute Gasteiger partial charge is 1.00 e. The second kappa shape index (κ2) is 17.7. The fraction of sp³-hybridized carbons (Fsp3) is 0.476. The van der Waals surface area contributed by atoms with E-state index in [1.165, 1.54) is 42.8 Å². The van der Waals surface area contributed by atoms with Gasteiger partial charge in [0.15, 0.2) is 0 Å². The molecule has 0 aromatic heterocycles. The van der Waals surface area contributed by atoms with Gasteiger partial charge in [-0.15, -0.1) is 0 Å². The molecule has 0 aliphatic heterocycles. The summed E-state index contributed by atoms with van der Waals surface area (Å²) in [6, 6.07) is 23.3. The maximum absolute atomic E-state index is 2.73. The molecule has 0 nitrogen and oxygen atoms in total. The van der Waals surface area contributed by atoms with Gasteiger partial charge in [0.25, 0.3) is 0 Å². The molecule has 1 aliphatic carbocycles. The molecule has 0 spiro atoms. The van der Waals surface area contributed by atoms with Gasteiger partial charge in [0.2, 0.25) is 0 Å². The summed E-state index contributed by atoms with van der Waals surface area (Å²) in [4.78, 5) is 0. The Morgan fingerprint density at radius 1 is 0.447 bits per heavy atom. The van der Waals surface area contributed by atoms with Crippen molar-refractivity contribution in [2.45, 2.75) is 132 Å². The van der Waals surface area contributed by atoms with Crippen molar-refractivity contribution in [3.05, 3.63) is 109 Å². The minimum Gasteiger partial charge on any atom is -1.00 e. The van der Waals surface area contributed by atoms with Crippen molar-refractivity contribution < 1.29 is 57.7 Å². The van der Waals surface area contributed by atoms with Gasteiger partial charge in [-0.2, -0.15) is 0 Å². The molecule has 0 unspecified atom stereocenters. The molecule has 0 N–H and O–H groups in total. The molecule has 47 heavy (non-hydrogen) atoms. The maximum Gasteiger partial charge on any atom is -1.00 e. The summed E-state index contributed by atoms with van der Waals surface area (Å²) in [5.41, 5.74) is 10.3. The molecule has 0 fully saturated rings. The average molecular weight is 744 g/mol. The van der Waals surface area contributed by atoms with Gasteiger partial charge in [0.05, 0.1) is 0 Å². The van der Waals surface area contributed by atoms with Crippen LogP contribution in [-0.4, -0.2) is 8.07 Å². The van der Waals surface area contributed by atoms with E-state index in [0.29, 0.717) is 35.5 Å². The van der Waals surface area contributed by atoms with Crippen LogP contribution in [0.15, 0.2) is 75.3 Å². The van der Waals surface area contributed by atoms with Gasteiger partial charge in [0, 0.05) is 0 Å². The first-order valence-electron chi connectivity index (χ1n) is 17.2. The fourth-order valence-electron chi connectivity index (χ4n) is 6.81. The Kier molecular flexibility index (Phi) is 16.6. The molecule has 0 bridgehead atoms. The Labute approximate surface area is 319 Å². The van der Waals surface area contributed by atoms with E-state index in [0.717, 1.165) is 6.42 Å². The molecule has 0 heterocycles. The van der Waals surface area contributed by atoms with Crippen LogP contribution in [0.5, 0.6) is 0 Å². The van der Waals surface area contributed by atoms with Crippen molar-refractivity contribution in [2.75, 3.05) is 0 Å². The van der Waals surface area contributed by atoms with Gasteiger partial charge in [0.1, 0.15) is 0 Å². The molecule has 0 amide bonds. The van der Waals surface area contributed by atoms with Gasteiger partial charge in [-0.05, 0) is 0 Å². The molecule has 4 rings (SSSR count). The Morgan fingerprint density at radius 3 is 0.851 bits per heavy atom. The van der Waals surface area contributed by atoms with Gasteiger partial charge in [-0.1, -0.05) is 0 Å². The van der Waals surface area contributed by atoms with Gasteiger partial charge in [-0.3, -0.25) is 0 Å². The normalized spacial score (nSPS) is 13.5. The molecule has 0 atom stereocenters. The van der Waals surface area contributed by atoms with Crippen LogP contribution in [0.25, 0.3) is 0 Å². The topological polar surface area (TPSA) is 0 Å². The molecule has 3 aromatic rings. The standard InChI is InChI=1S/C42H57Si.3ClH.Ti/c1-26(2)33-17-34(27(3)4)21-39(20-33)43(42-16-14-15-32(42)13,40-22-35(28(5)6)18-36(23-40)29(7)8)41-24-37(30(9)10)19-38(25-41)31(11)12;;;;/h14,17-31H,16H2,1-13H3;3*1H;/q;;;;+3/p-3. The number of hydrogen-bond acceptors (Lipinski definition) is 0. The molecule has 0 saturated carbocycles. The Hall–Kier alpha value is -1.06. The third kappa shape index (κ3) is 9.00. The van der Waals surface area contributed by atoms with E-state index in [9.17, 15) is 0 Å². The number of allylic oxidation sites excluding steroid dienone is 4. The molecular weight excluding hydrogens is 687 g/mol. The summed E-state index contributed by atoms with van der Waals surface area (Å²) < 4.78 is 1.45. The quantitative estimate of drug-likeness (QED) is 0.219. The van der Waals surface area contributed by atoms with Crippen LogP contribution in [0, 0.1) is 0 Å². The second-order valence-electron chi connectivity index (χ2n) is 15.3. The van der Waals surface area contributed by atoms with E-state index in [4.69, 9.17) is 0 Å². The molecule has 3 aromatic carbocycles. The van der Waals surface area contributed by atoms with E-state index in [2.05, 4.69) is 171 Å². The molecule has 1 aliphatic rings. The van der Waals surface area contributed by atoms with Crippen LogP contribution in [0.3, 0.4) is 0 Å². The van der Waals surface area contributed by atoms with Crippen LogP contribution in [0.2, 0.25) is 0 Å². The zero-order valence-corrected chi connectivity index (χ0v) is 35.9. The van der Waals surface area contributed by atoms with E-state index in [1.54, 1.807) is 20.8 Å². The van der Waals surface area contributed by atoms with Crippen LogP contribution in [-0.2, 0) is 20.4 Å². The van der Waals surface area contributed by atoms with E-state index in [1.807, 2.05) is 0 Å². The average Bonchev–Trinajstić information content (AvgIpc) is 3.30. The Morgan fingerprint density at radius 2 is 0.681 bits per heavy atom. The van der Waals surface area contributed by atoms with Gasteiger partial charge >= 0.3 is 285 Å². The van der Waals surface area contributed by atoms with Crippen LogP contribution < -0.4 is 52.8 Å². The molecule has 0 saturated heterocycles. The Balaban J connectivity index is 0.00000368. The van der Waals surface area contributed by atoms with E-state index < -0.39 is 8.07 Å². The van der Waals surface area contributed by atoms with Crippen molar-refractivity contribution in [3.8, 4) is 0 Å². The van der Waals surface area contributed by atoms with Crippen molar-refractivity contribution >= 4 is 23.6 Å². The zero-order valence-electron chi connectivity index (χ0n) is 31.1. The third-order valence-electron chi connectivity index (χ3n) is 10.1. The van der Waals surface area contributed by atoms with Crippen LogP contribution in [0.1, 0.15) is 165 Å². The molecular formula is C42H57Cl3SiTi. The van der Waals surface area contributed by atoms with Gasteiger partial charge < -0.3 is 37.2 Å². The predicted molar refractivity (Wildman–Crippen MR) is 194 cm³/mol. The summed E-state index contributed by atoms with van der Waals surface area (Å²) in [5.74, 6) is 2.83. The summed E-state index contributed by atoms with van der Waals surface area (Å²) in [7, 11) is -2.73. The van der Waals surface area contributed by atoms with E-state index >= 15 is 0 Å². The molecule has 254 valence electrons. The predicted octanol–water partition coefficient (Wildman–Crippen LogP) is 1.60. The van der Waals surface area contributed by atoms with Crippen molar-refractivity contribution in [1.29, 1.82) is 0 Å². The zero-order chi connectivity index (χ0) is 32.7. The first kappa shape index (κ1) is 44.0. The largest absolute Gasteiger partial charge is 1.00 e. The second-order valence-corrected chi connectivity index (χ2v) is 19.9. The number of rotatable bonds is 10. The monoisotopic (exact) mass is 742 g/mol. The first-order valence-corrected chi connectivity index (χ1v) is 19.9. The summed E-state index contributed by atoms with van der Waals surface area (Å²) in [6.07, 6.45) is 3.55. The van der Waals surface area contributed by atoms with Crippen molar-refractivity contribution in [3.63, 3.8) is 0 Å². The number of halogens is 3. The molecule has 5 heteroatoms. The molecule has 0 radical (unpaired) electrons. The van der Waals surface area contributed by atoms with Gasteiger partial charge in [-0.25, -0.2) is 0 Å². The summed E-state index contributed by atoms with van der Waals surface area (Å²) in [6.45, 7) is 30.8. The Bertz CT molecular complexity index is 1340. The number of benzene rings is 3. The number of hydrogen-bond donors (Lipinski definition) is 0. The third-order valence-corrected chi connectivity index (χ3v) is 15.9.